The number of rotatable bonds is 1. The van der Waals surface area contributed by atoms with E-state index in [1.165, 1.54) is 11.8 Å². The van der Waals surface area contributed by atoms with Crippen molar-refractivity contribution in [3.8, 4) is 0 Å². The summed E-state index contributed by atoms with van der Waals surface area (Å²) in [6.45, 7) is 0. The Morgan fingerprint density at radius 3 is 2.90 bits per heavy atom. The first-order valence-corrected chi connectivity index (χ1v) is 3.93. The van der Waals surface area contributed by atoms with E-state index < -0.39 is 12.0 Å². The van der Waals surface area contributed by atoms with Crippen LogP contribution >= 0.6 is 11.8 Å². The van der Waals surface area contributed by atoms with Crippen LogP contribution in [0.15, 0.2) is 0 Å². The molecule has 5 heteroatoms. The number of carboxylic acid groups (broad SMARTS) is 1. The van der Waals surface area contributed by atoms with Crippen molar-refractivity contribution in [2.24, 2.45) is 0 Å². The summed E-state index contributed by atoms with van der Waals surface area (Å²) in [5.74, 6) is -0.677. The van der Waals surface area contributed by atoms with Crippen LogP contribution in [0.1, 0.15) is 0 Å². The second kappa shape index (κ2) is 2.92. The Labute approximate surface area is 62.0 Å². The number of hydrogen-bond donors (Lipinski definition) is 1. The second-order valence-electron chi connectivity index (χ2n) is 1.95. The number of carbonyl (C=O) groups excluding carboxylic acids is 2. The minimum Gasteiger partial charge on any atom is -0.548 e. The summed E-state index contributed by atoms with van der Waals surface area (Å²) in [5.41, 5.74) is 0. The summed E-state index contributed by atoms with van der Waals surface area (Å²) >= 11 is 1.31. The van der Waals surface area contributed by atoms with Crippen molar-refractivity contribution in [2.45, 2.75) is 6.04 Å². The molecule has 1 aliphatic heterocycles. The molecule has 0 unspecified atom stereocenters. The smallest absolute Gasteiger partial charge is 0.230 e. The van der Waals surface area contributed by atoms with Crippen LogP contribution in [0.25, 0.3) is 0 Å². The molecule has 0 saturated carbocycles. The van der Waals surface area contributed by atoms with E-state index in [0.29, 0.717) is 11.5 Å². The fourth-order valence-corrected chi connectivity index (χ4v) is 1.52. The summed E-state index contributed by atoms with van der Waals surface area (Å²) in [5, 5.41) is 12.5. The standard InChI is InChI=1S/C5H7NO3S/c7-4-2-10-1-3(6-4)5(8)9/h3H,1-2H2,(H,6,7)(H,8,9)/p-1/t3-/m1/s1. The molecular weight excluding hydrogens is 154 g/mol. The fraction of sp³-hybridized carbons (Fsp3) is 0.600. The van der Waals surface area contributed by atoms with E-state index in [2.05, 4.69) is 5.32 Å². The van der Waals surface area contributed by atoms with Crippen LogP contribution in [0.3, 0.4) is 0 Å². The van der Waals surface area contributed by atoms with Crippen LogP contribution in [-0.2, 0) is 9.59 Å². The van der Waals surface area contributed by atoms with E-state index in [1.807, 2.05) is 0 Å². The topological polar surface area (TPSA) is 69.2 Å². The van der Waals surface area contributed by atoms with Crippen molar-refractivity contribution in [1.29, 1.82) is 0 Å². The van der Waals surface area contributed by atoms with Gasteiger partial charge in [-0.25, -0.2) is 0 Å². The van der Waals surface area contributed by atoms with Gasteiger partial charge < -0.3 is 15.2 Å². The number of carbonyl (C=O) groups is 2. The highest BCUT2D eigenvalue weighted by Gasteiger charge is 2.18. The van der Waals surface area contributed by atoms with E-state index in [1.54, 1.807) is 0 Å². The number of thioether (sulfide) groups is 1. The molecule has 4 nitrogen and oxygen atoms in total. The molecule has 0 aromatic carbocycles. The minimum atomic E-state index is -1.21. The Hall–Kier alpha value is -0.710. The second-order valence-corrected chi connectivity index (χ2v) is 2.98. The van der Waals surface area contributed by atoms with Gasteiger partial charge in [-0.1, -0.05) is 0 Å². The van der Waals surface area contributed by atoms with Crippen LogP contribution in [0, 0.1) is 0 Å². The maximum Gasteiger partial charge on any atom is 0.230 e. The van der Waals surface area contributed by atoms with Crippen LogP contribution in [0.2, 0.25) is 0 Å². The molecule has 0 aromatic rings. The van der Waals surface area contributed by atoms with Gasteiger partial charge in [-0.2, -0.15) is 0 Å². The first kappa shape index (κ1) is 7.40. The molecule has 1 N–H and O–H groups in total. The third-order valence-electron chi connectivity index (χ3n) is 1.14. The molecule has 1 rings (SSSR count). The highest BCUT2D eigenvalue weighted by atomic mass is 32.2. The summed E-state index contributed by atoms with van der Waals surface area (Å²) in [6.07, 6.45) is 0. The molecule has 1 atom stereocenters. The van der Waals surface area contributed by atoms with E-state index in [0.717, 1.165) is 0 Å². The van der Waals surface area contributed by atoms with Crippen LogP contribution in [0.5, 0.6) is 0 Å². The largest absolute Gasteiger partial charge is 0.548 e. The van der Waals surface area contributed by atoms with Gasteiger partial charge in [0.2, 0.25) is 5.91 Å². The average molecular weight is 160 g/mol. The Kier molecular flexibility index (Phi) is 2.16. The molecule has 1 saturated heterocycles. The maximum atomic E-state index is 10.6. The minimum absolute atomic E-state index is 0.231. The maximum absolute atomic E-state index is 10.6. The van der Waals surface area contributed by atoms with E-state index in [4.69, 9.17) is 0 Å². The van der Waals surface area contributed by atoms with Crippen LogP contribution in [0.4, 0.5) is 0 Å². The summed E-state index contributed by atoms with van der Waals surface area (Å²) in [4.78, 5) is 20.7. The predicted molar refractivity (Wildman–Crippen MR) is 34.3 cm³/mol. The molecule has 0 aliphatic carbocycles. The molecule has 1 aliphatic rings. The van der Waals surface area contributed by atoms with E-state index >= 15 is 0 Å². The molecule has 1 heterocycles. The van der Waals surface area contributed by atoms with Gasteiger partial charge in [-0.15, -0.1) is 11.8 Å². The van der Waals surface area contributed by atoms with Crippen molar-refractivity contribution in [1.82, 2.24) is 5.32 Å². The zero-order chi connectivity index (χ0) is 7.56. The van der Waals surface area contributed by atoms with Gasteiger partial charge in [-0.05, 0) is 0 Å². The first-order valence-electron chi connectivity index (χ1n) is 2.78. The monoisotopic (exact) mass is 160 g/mol. The van der Waals surface area contributed by atoms with Gasteiger partial charge in [-0.3, -0.25) is 4.79 Å². The van der Waals surface area contributed by atoms with Crippen molar-refractivity contribution >= 4 is 23.6 Å². The summed E-state index contributed by atoms with van der Waals surface area (Å²) in [7, 11) is 0. The highest BCUT2D eigenvalue weighted by Crippen LogP contribution is 2.07. The van der Waals surface area contributed by atoms with Crippen molar-refractivity contribution in [3.63, 3.8) is 0 Å². The Morgan fingerprint density at radius 1 is 1.80 bits per heavy atom. The lowest BCUT2D eigenvalue weighted by Crippen LogP contribution is -2.52. The van der Waals surface area contributed by atoms with Crippen molar-refractivity contribution < 1.29 is 14.7 Å². The highest BCUT2D eigenvalue weighted by molar-refractivity contribution is 8.00. The quantitative estimate of drug-likeness (QED) is 0.480. The average Bonchev–Trinajstić information content (AvgIpc) is 1.88. The molecule has 10 heavy (non-hydrogen) atoms. The number of carboxylic acids is 1. The zero-order valence-corrected chi connectivity index (χ0v) is 5.94. The Morgan fingerprint density at radius 2 is 2.50 bits per heavy atom. The van der Waals surface area contributed by atoms with Gasteiger partial charge in [0.05, 0.1) is 17.8 Å². The van der Waals surface area contributed by atoms with Gasteiger partial charge in [0.1, 0.15) is 0 Å². The lowest BCUT2D eigenvalue weighted by molar-refractivity contribution is -0.307. The van der Waals surface area contributed by atoms with E-state index in [-0.39, 0.29) is 5.91 Å². The lowest BCUT2D eigenvalue weighted by Gasteiger charge is -2.23. The van der Waals surface area contributed by atoms with Gasteiger partial charge >= 0.3 is 0 Å². The number of nitrogens with one attached hydrogen (secondary N) is 1. The molecule has 0 spiro atoms. The molecule has 0 bridgehead atoms. The molecule has 0 radical (unpaired) electrons. The van der Waals surface area contributed by atoms with Gasteiger partial charge in [0.15, 0.2) is 0 Å². The number of aliphatic carboxylic acids is 1. The van der Waals surface area contributed by atoms with Crippen LogP contribution < -0.4 is 10.4 Å². The van der Waals surface area contributed by atoms with Crippen LogP contribution in [-0.4, -0.2) is 29.4 Å². The molecule has 56 valence electrons. The van der Waals surface area contributed by atoms with Gasteiger partial charge in [0.25, 0.3) is 0 Å². The molecular formula is C5H6NO3S-. The molecule has 1 fully saturated rings. The molecule has 1 amide bonds. The van der Waals surface area contributed by atoms with Crippen molar-refractivity contribution in [2.75, 3.05) is 11.5 Å². The third-order valence-corrected chi connectivity index (χ3v) is 2.17. The number of amides is 1. The van der Waals surface area contributed by atoms with Crippen molar-refractivity contribution in [3.05, 3.63) is 0 Å². The lowest BCUT2D eigenvalue weighted by atomic mass is 10.3. The SMILES string of the molecule is O=C1CSC[C@H](C(=O)[O-])N1. The Balaban J connectivity index is 2.47. The Bertz CT molecular complexity index is 168. The van der Waals surface area contributed by atoms with E-state index in [9.17, 15) is 14.7 Å². The first-order chi connectivity index (χ1) is 4.70. The summed E-state index contributed by atoms with van der Waals surface area (Å²) < 4.78 is 0. The summed E-state index contributed by atoms with van der Waals surface area (Å²) in [6, 6.07) is -0.800. The third kappa shape index (κ3) is 1.63. The predicted octanol–water partition coefficient (Wildman–Crippen LogP) is -2.03. The van der Waals surface area contributed by atoms with Gasteiger partial charge in [0, 0.05) is 5.75 Å². The zero-order valence-electron chi connectivity index (χ0n) is 5.12. The normalized spacial score (nSPS) is 25.6. The number of hydrogen-bond acceptors (Lipinski definition) is 4. The fourth-order valence-electron chi connectivity index (χ4n) is 0.674. The molecule has 0 aromatic heterocycles.